The summed E-state index contributed by atoms with van der Waals surface area (Å²) in [6.07, 6.45) is 1.41. The highest BCUT2D eigenvalue weighted by molar-refractivity contribution is 6.33. The van der Waals surface area contributed by atoms with Crippen LogP contribution in [0.4, 0.5) is 0 Å². The molecule has 0 saturated heterocycles. The number of nitrogens with zero attached hydrogens (tertiary/aromatic N) is 1. The smallest absolute Gasteiger partial charge is 0.275 e. The fourth-order valence-corrected chi connectivity index (χ4v) is 2.38. The number of benzene rings is 2. The molecule has 26 heavy (non-hydrogen) atoms. The summed E-state index contributed by atoms with van der Waals surface area (Å²) in [5, 5.41) is 4.34. The van der Waals surface area contributed by atoms with Gasteiger partial charge in [-0.15, -0.1) is 0 Å². The van der Waals surface area contributed by atoms with Crippen molar-refractivity contribution in [1.82, 2.24) is 5.43 Å². The molecule has 2 rings (SSSR count). The fraction of sp³-hybridized carbons (Fsp3) is 0.222. The first kappa shape index (κ1) is 19.4. The van der Waals surface area contributed by atoms with Crippen molar-refractivity contribution in [3.05, 3.63) is 46.5 Å². The minimum Gasteiger partial charge on any atom is -0.497 e. The summed E-state index contributed by atoms with van der Waals surface area (Å²) in [6, 6.07) is 8.13. The highest BCUT2D eigenvalue weighted by atomic mass is 35.5. The van der Waals surface area contributed by atoms with Crippen LogP contribution in [0.25, 0.3) is 0 Å². The van der Waals surface area contributed by atoms with Gasteiger partial charge in [0.25, 0.3) is 5.91 Å². The van der Waals surface area contributed by atoms with Crippen LogP contribution in [0.3, 0.4) is 0 Å². The molecule has 1 N–H and O–H groups in total. The molecule has 0 heterocycles. The number of halogens is 1. The lowest BCUT2D eigenvalue weighted by atomic mass is 10.2. The Morgan fingerprint density at radius 2 is 1.62 bits per heavy atom. The van der Waals surface area contributed by atoms with Gasteiger partial charge in [0.15, 0.2) is 11.5 Å². The quantitative estimate of drug-likeness (QED) is 0.591. The van der Waals surface area contributed by atoms with Crippen LogP contribution in [0.2, 0.25) is 5.02 Å². The monoisotopic (exact) mass is 378 g/mol. The number of hydrogen-bond acceptors (Lipinski definition) is 6. The number of hydrazone groups is 1. The summed E-state index contributed by atoms with van der Waals surface area (Å²) in [6.45, 7) is 0. The van der Waals surface area contributed by atoms with Crippen LogP contribution in [0.5, 0.6) is 23.0 Å². The molecule has 0 radical (unpaired) electrons. The van der Waals surface area contributed by atoms with Crippen LogP contribution in [0.1, 0.15) is 15.9 Å². The zero-order valence-electron chi connectivity index (χ0n) is 14.8. The van der Waals surface area contributed by atoms with Crippen LogP contribution in [-0.2, 0) is 0 Å². The molecule has 7 nitrogen and oxygen atoms in total. The standard InChI is InChI=1S/C18H19ClN2O5/c1-23-12-5-6-13(15(8-12)24-2)18(22)21-20-10-11-7-16(25-3)17(26-4)9-14(11)19/h5-10H,1-4H3,(H,21,22). The van der Waals surface area contributed by atoms with E-state index in [-0.39, 0.29) is 0 Å². The summed E-state index contributed by atoms with van der Waals surface area (Å²) >= 11 is 6.18. The molecule has 8 heteroatoms. The third-order valence-corrected chi connectivity index (χ3v) is 3.85. The van der Waals surface area contributed by atoms with Crippen molar-refractivity contribution in [2.45, 2.75) is 0 Å². The highest BCUT2D eigenvalue weighted by Crippen LogP contribution is 2.32. The summed E-state index contributed by atoms with van der Waals surface area (Å²) in [4.78, 5) is 12.3. The molecule has 0 aliphatic carbocycles. The molecule has 0 spiro atoms. The van der Waals surface area contributed by atoms with Crippen LogP contribution in [0, 0.1) is 0 Å². The molecule has 0 atom stereocenters. The average Bonchev–Trinajstić information content (AvgIpc) is 2.67. The molecule has 2 aromatic carbocycles. The zero-order valence-corrected chi connectivity index (χ0v) is 15.6. The van der Waals surface area contributed by atoms with Crippen LogP contribution < -0.4 is 24.4 Å². The molecule has 2 aromatic rings. The highest BCUT2D eigenvalue weighted by Gasteiger charge is 2.13. The van der Waals surface area contributed by atoms with Gasteiger partial charge in [0.05, 0.1) is 45.2 Å². The first-order valence-electron chi connectivity index (χ1n) is 7.51. The molecule has 1 amide bonds. The Kier molecular flexibility index (Phi) is 6.68. The topological polar surface area (TPSA) is 78.4 Å². The fourth-order valence-electron chi connectivity index (χ4n) is 2.18. The van der Waals surface area contributed by atoms with E-state index in [1.807, 2.05) is 0 Å². The van der Waals surface area contributed by atoms with Gasteiger partial charge in [-0.2, -0.15) is 5.10 Å². The molecular formula is C18H19ClN2O5. The van der Waals surface area contributed by atoms with Gasteiger partial charge in [-0.1, -0.05) is 11.6 Å². The lowest BCUT2D eigenvalue weighted by Crippen LogP contribution is -2.18. The largest absolute Gasteiger partial charge is 0.497 e. The predicted octanol–water partition coefficient (Wildman–Crippen LogP) is 3.14. The number of methoxy groups -OCH3 is 4. The summed E-state index contributed by atoms with van der Waals surface area (Å²) in [5.74, 6) is 1.53. The summed E-state index contributed by atoms with van der Waals surface area (Å²) in [7, 11) is 6.04. The van der Waals surface area contributed by atoms with E-state index in [0.29, 0.717) is 39.1 Å². The van der Waals surface area contributed by atoms with E-state index in [4.69, 9.17) is 30.5 Å². The predicted molar refractivity (Wildman–Crippen MR) is 99.2 cm³/mol. The molecule has 0 bridgehead atoms. The Balaban J connectivity index is 2.17. The molecule has 0 saturated carbocycles. The van der Waals surface area contributed by atoms with Gasteiger partial charge in [0.1, 0.15) is 11.5 Å². The number of hydrogen-bond donors (Lipinski definition) is 1. The van der Waals surface area contributed by atoms with E-state index < -0.39 is 5.91 Å². The molecular weight excluding hydrogens is 360 g/mol. The normalized spacial score (nSPS) is 10.5. The Morgan fingerprint density at radius 3 is 2.23 bits per heavy atom. The van der Waals surface area contributed by atoms with Crippen LogP contribution >= 0.6 is 11.6 Å². The Morgan fingerprint density at radius 1 is 0.962 bits per heavy atom. The average molecular weight is 379 g/mol. The van der Waals surface area contributed by atoms with Gasteiger partial charge >= 0.3 is 0 Å². The van der Waals surface area contributed by atoms with Crippen molar-refractivity contribution in [3.8, 4) is 23.0 Å². The molecule has 0 fully saturated rings. The minimum atomic E-state index is -0.433. The first-order chi connectivity index (χ1) is 12.5. The second kappa shape index (κ2) is 8.96. The second-order valence-corrected chi connectivity index (χ2v) is 5.40. The van der Waals surface area contributed by atoms with Crippen LogP contribution in [0.15, 0.2) is 35.4 Å². The van der Waals surface area contributed by atoms with E-state index >= 15 is 0 Å². The zero-order chi connectivity index (χ0) is 19.1. The van der Waals surface area contributed by atoms with Crippen molar-refractivity contribution in [2.24, 2.45) is 5.10 Å². The molecule has 138 valence electrons. The minimum absolute atomic E-state index is 0.323. The number of rotatable bonds is 7. The van der Waals surface area contributed by atoms with Gasteiger partial charge in [0, 0.05) is 17.7 Å². The van der Waals surface area contributed by atoms with Crippen molar-refractivity contribution in [2.75, 3.05) is 28.4 Å². The maximum Gasteiger partial charge on any atom is 0.275 e. The van der Waals surface area contributed by atoms with Crippen molar-refractivity contribution in [3.63, 3.8) is 0 Å². The van der Waals surface area contributed by atoms with Crippen molar-refractivity contribution >= 4 is 23.7 Å². The van der Waals surface area contributed by atoms with Crippen molar-refractivity contribution in [1.29, 1.82) is 0 Å². The Hall–Kier alpha value is -2.93. The Labute approximate surface area is 156 Å². The molecule has 0 aliphatic rings. The third kappa shape index (κ3) is 4.37. The second-order valence-electron chi connectivity index (χ2n) is 4.99. The third-order valence-electron chi connectivity index (χ3n) is 3.53. The van der Waals surface area contributed by atoms with Crippen molar-refractivity contribution < 1.29 is 23.7 Å². The SMILES string of the molecule is COc1ccc(C(=O)NN=Cc2cc(OC)c(OC)cc2Cl)c(OC)c1. The lowest BCUT2D eigenvalue weighted by molar-refractivity contribution is 0.0952. The summed E-state index contributed by atoms with van der Waals surface area (Å²) < 4.78 is 20.7. The van der Waals surface area contributed by atoms with Crippen LogP contribution in [-0.4, -0.2) is 40.6 Å². The van der Waals surface area contributed by atoms with Gasteiger partial charge < -0.3 is 18.9 Å². The number of nitrogens with one attached hydrogen (secondary N) is 1. The molecule has 0 aromatic heterocycles. The van der Waals surface area contributed by atoms with E-state index in [1.54, 1.807) is 30.3 Å². The maximum absolute atomic E-state index is 12.3. The summed E-state index contributed by atoms with van der Waals surface area (Å²) in [5.41, 5.74) is 3.32. The molecule has 0 aliphatic heterocycles. The molecule has 0 unspecified atom stereocenters. The number of ether oxygens (including phenoxy) is 4. The van der Waals surface area contributed by atoms with E-state index in [2.05, 4.69) is 10.5 Å². The van der Waals surface area contributed by atoms with Gasteiger partial charge in [-0.3, -0.25) is 4.79 Å². The first-order valence-corrected chi connectivity index (χ1v) is 7.88. The van der Waals surface area contributed by atoms with E-state index in [0.717, 1.165) is 0 Å². The van der Waals surface area contributed by atoms with E-state index in [1.165, 1.54) is 34.7 Å². The number of carbonyl (C=O) groups excluding carboxylic acids is 1. The Bertz CT molecular complexity index is 823. The van der Waals surface area contributed by atoms with Gasteiger partial charge in [0.2, 0.25) is 0 Å². The van der Waals surface area contributed by atoms with Gasteiger partial charge in [-0.05, 0) is 18.2 Å². The lowest BCUT2D eigenvalue weighted by Gasteiger charge is -2.10. The van der Waals surface area contributed by atoms with Gasteiger partial charge in [-0.25, -0.2) is 5.43 Å². The number of amides is 1. The van der Waals surface area contributed by atoms with E-state index in [9.17, 15) is 4.79 Å². The number of carbonyl (C=O) groups is 1. The maximum atomic E-state index is 12.3.